The Bertz CT molecular complexity index is 368. The van der Waals surface area contributed by atoms with Gasteiger partial charge in [0, 0.05) is 0 Å². The van der Waals surface area contributed by atoms with Crippen molar-refractivity contribution in [3.05, 3.63) is 22.0 Å². The highest BCUT2D eigenvalue weighted by Gasteiger charge is 2.31. The van der Waals surface area contributed by atoms with Crippen LogP contribution in [0.25, 0.3) is 0 Å². The average Bonchev–Trinajstić information content (AvgIpc) is 2.41. The molecule has 0 radical (unpaired) electrons. The van der Waals surface area contributed by atoms with Gasteiger partial charge in [-0.3, -0.25) is 14.8 Å². The Balaban J connectivity index is 2.20. The van der Waals surface area contributed by atoms with E-state index in [0.29, 0.717) is 18.5 Å². The Morgan fingerprint density at radius 3 is 2.79 bits per heavy atom. The quantitative estimate of drug-likeness (QED) is 0.561. The van der Waals surface area contributed by atoms with E-state index in [0.717, 1.165) is 0 Å². The fourth-order valence-corrected chi connectivity index (χ4v) is 1.61. The zero-order valence-electron chi connectivity index (χ0n) is 7.75. The number of hydrogen-bond acceptors (Lipinski definition) is 4. The second-order valence-corrected chi connectivity index (χ2v) is 3.62. The molecule has 1 aliphatic carbocycles. The van der Waals surface area contributed by atoms with Gasteiger partial charge in [0.05, 0.1) is 17.1 Å². The van der Waals surface area contributed by atoms with Crippen molar-refractivity contribution in [2.45, 2.75) is 31.9 Å². The monoisotopic (exact) mass is 197 g/mol. The van der Waals surface area contributed by atoms with Gasteiger partial charge in [-0.25, -0.2) is 0 Å². The van der Waals surface area contributed by atoms with Crippen molar-refractivity contribution >= 4 is 5.69 Å². The van der Waals surface area contributed by atoms with Crippen molar-refractivity contribution in [2.24, 2.45) is 0 Å². The smallest absolute Gasteiger partial charge is 0.309 e. The molecule has 0 unspecified atom stereocenters. The van der Waals surface area contributed by atoms with Crippen LogP contribution < -0.4 is 0 Å². The molecule has 1 aromatic heterocycles. The van der Waals surface area contributed by atoms with Crippen LogP contribution in [-0.2, 0) is 0 Å². The molecule has 2 rings (SSSR count). The fraction of sp³-hybridized carbons (Fsp3) is 0.625. The summed E-state index contributed by atoms with van der Waals surface area (Å²) in [6.07, 6.45) is 2.44. The molecule has 1 aliphatic rings. The molecule has 0 aromatic carbocycles. The number of aliphatic hydroxyl groups is 1. The Morgan fingerprint density at radius 2 is 2.36 bits per heavy atom. The first-order valence-corrected chi connectivity index (χ1v) is 4.46. The SMILES string of the molecule is Cc1nn([C@H]2C[C@@H](O)C2)cc1[N+](=O)[O-]. The molecule has 0 saturated heterocycles. The van der Waals surface area contributed by atoms with Crippen molar-refractivity contribution in [3.63, 3.8) is 0 Å². The number of nitro groups is 1. The Kier molecular flexibility index (Phi) is 1.99. The van der Waals surface area contributed by atoms with E-state index in [2.05, 4.69) is 5.10 Å². The number of nitrogens with zero attached hydrogens (tertiary/aromatic N) is 3. The van der Waals surface area contributed by atoms with E-state index in [-0.39, 0.29) is 17.8 Å². The molecule has 0 atom stereocenters. The normalized spacial score (nSPS) is 25.9. The summed E-state index contributed by atoms with van der Waals surface area (Å²) in [6.45, 7) is 1.61. The van der Waals surface area contributed by atoms with E-state index in [1.807, 2.05) is 0 Å². The Labute approximate surface area is 80.3 Å². The molecule has 76 valence electrons. The van der Waals surface area contributed by atoms with Crippen LogP contribution in [0.2, 0.25) is 0 Å². The maximum absolute atomic E-state index is 10.5. The van der Waals surface area contributed by atoms with E-state index >= 15 is 0 Å². The van der Waals surface area contributed by atoms with Crippen LogP contribution in [0.5, 0.6) is 0 Å². The molecular formula is C8H11N3O3. The first-order valence-electron chi connectivity index (χ1n) is 4.46. The minimum Gasteiger partial charge on any atom is -0.393 e. The molecule has 0 bridgehead atoms. The summed E-state index contributed by atoms with van der Waals surface area (Å²) in [6, 6.07) is 0.123. The second kappa shape index (κ2) is 3.06. The standard InChI is InChI=1S/C8H11N3O3/c1-5-8(11(13)14)4-10(9-5)6-2-7(12)3-6/h4,6-7,12H,2-3H2,1H3/t6-,7+. The molecule has 14 heavy (non-hydrogen) atoms. The van der Waals surface area contributed by atoms with Crippen molar-refractivity contribution in [1.29, 1.82) is 0 Å². The van der Waals surface area contributed by atoms with E-state index in [1.54, 1.807) is 11.6 Å². The molecule has 1 heterocycles. The lowest BCUT2D eigenvalue weighted by Crippen LogP contribution is -2.31. The lowest BCUT2D eigenvalue weighted by molar-refractivity contribution is -0.385. The van der Waals surface area contributed by atoms with Gasteiger partial charge in [0.1, 0.15) is 11.9 Å². The predicted molar refractivity (Wildman–Crippen MR) is 47.9 cm³/mol. The third kappa shape index (κ3) is 1.37. The third-order valence-electron chi connectivity index (χ3n) is 2.55. The van der Waals surface area contributed by atoms with Crippen LogP contribution in [0.15, 0.2) is 6.20 Å². The first kappa shape index (κ1) is 9.14. The summed E-state index contributed by atoms with van der Waals surface area (Å²) in [5, 5.41) is 23.7. The van der Waals surface area contributed by atoms with Gasteiger partial charge in [0.15, 0.2) is 0 Å². The van der Waals surface area contributed by atoms with Gasteiger partial charge < -0.3 is 5.11 Å². The number of aliphatic hydroxyl groups excluding tert-OH is 1. The summed E-state index contributed by atoms with van der Waals surface area (Å²) in [5.74, 6) is 0. The Morgan fingerprint density at radius 1 is 1.71 bits per heavy atom. The van der Waals surface area contributed by atoms with E-state index in [4.69, 9.17) is 5.11 Å². The van der Waals surface area contributed by atoms with Gasteiger partial charge in [-0.2, -0.15) is 5.10 Å². The van der Waals surface area contributed by atoms with Crippen molar-refractivity contribution in [1.82, 2.24) is 9.78 Å². The molecule has 1 aromatic rings. The maximum atomic E-state index is 10.5. The number of aromatic nitrogens is 2. The summed E-state index contributed by atoms with van der Waals surface area (Å²) >= 11 is 0. The van der Waals surface area contributed by atoms with Gasteiger partial charge in [-0.1, -0.05) is 0 Å². The van der Waals surface area contributed by atoms with Crippen LogP contribution >= 0.6 is 0 Å². The summed E-state index contributed by atoms with van der Waals surface area (Å²) in [7, 11) is 0. The van der Waals surface area contributed by atoms with E-state index in [9.17, 15) is 10.1 Å². The van der Waals surface area contributed by atoms with Gasteiger partial charge in [-0.05, 0) is 19.8 Å². The number of aryl methyl sites for hydroxylation is 1. The van der Waals surface area contributed by atoms with Crippen molar-refractivity contribution < 1.29 is 10.0 Å². The van der Waals surface area contributed by atoms with Crippen molar-refractivity contribution in [2.75, 3.05) is 0 Å². The second-order valence-electron chi connectivity index (χ2n) is 3.62. The molecule has 0 aliphatic heterocycles. The summed E-state index contributed by atoms with van der Waals surface area (Å²) in [4.78, 5) is 10.1. The van der Waals surface area contributed by atoms with Crippen LogP contribution in [-0.4, -0.2) is 25.9 Å². The maximum Gasteiger partial charge on any atom is 0.309 e. The van der Waals surface area contributed by atoms with Crippen LogP contribution in [0.3, 0.4) is 0 Å². The molecule has 0 spiro atoms. The van der Waals surface area contributed by atoms with Gasteiger partial charge in [-0.15, -0.1) is 0 Å². The highest BCUT2D eigenvalue weighted by molar-refractivity contribution is 5.31. The minimum absolute atomic E-state index is 0.0476. The molecule has 6 nitrogen and oxygen atoms in total. The molecule has 0 amide bonds. The Hall–Kier alpha value is -1.43. The minimum atomic E-state index is -0.437. The molecule has 1 N–H and O–H groups in total. The fourth-order valence-electron chi connectivity index (χ4n) is 1.61. The van der Waals surface area contributed by atoms with E-state index < -0.39 is 4.92 Å². The predicted octanol–water partition coefficient (Wildman–Crippen LogP) is 0.796. The molecular weight excluding hydrogens is 186 g/mol. The largest absolute Gasteiger partial charge is 0.393 e. The molecule has 1 saturated carbocycles. The number of rotatable bonds is 2. The van der Waals surface area contributed by atoms with E-state index in [1.165, 1.54) is 6.20 Å². The van der Waals surface area contributed by atoms with Gasteiger partial charge in [0.25, 0.3) is 0 Å². The highest BCUT2D eigenvalue weighted by atomic mass is 16.6. The zero-order valence-corrected chi connectivity index (χ0v) is 7.75. The topological polar surface area (TPSA) is 81.2 Å². The zero-order chi connectivity index (χ0) is 10.3. The lowest BCUT2D eigenvalue weighted by atomic mass is 9.90. The lowest BCUT2D eigenvalue weighted by Gasteiger charge is -2.31. The number of hydrogen-bond donors (Lipinski definition) is 1. The summed E-state index contributed by atoms with van der Waals surface area (Å²) in [5.41, 5.74) is 0.475. The molecule has 1 fully saturated rings. The highest BCUT2D eigenvalue weighted by Crippen LogP contribution is 2.33. The van der Waals surface area contributed by atoms with Crippen LogP contribution in [0.1, 0.15) is 24.6 Å². The van der Waals surface area contributed by atoms with Crippen molar-refractivity contribution in [3.8, 4) is 0 Å². The van der Waals surface area contributed by atoms with Crippen LogP contribution in [0, 0.1) is 17.0 Å². The molecule has 6 heteroatoms. The average molecular weight is 197 g/mol. The van der Waals surface area contributed by atoms with Crippen LogP contribution in [0.4, 0.5) is 5.69 Å². The first-order chi connectivity index (χ1) is 6.58. The third-order valence-corrected chi connectivity index (χ3v) is 2.55. The van der Waals surface area contributed by atoms with Gasteiger partial charge >= 0.3 is 5.69 Å². The summed E-state index contributed by atoms with van der Waals surface area (Å²) < 4.78 is 1.58. The van der Waals surface area contributed by atoms with Gasteiger partial charge in [0.2, 0.25) is 0 Å².